The van der Waals surface area contributed by atoms with Crippen molar-refractivity contribution < 1.29 is 27.8 Å². The number of ketones is 1. The molecular weight excluding hydrogens is 258 g/mol. The molecule has 0 aliphatic heterocycles. The first-order valence-electron chi connectivity index (χ1n) is 5.30. The van der Waals surface area contributed by atoms with E-state index in [1.165, 1.54) is 31.2 Å². The third-order valence-electron chi connectivity index (χ3n) is 2.18. The fraction of sp³-hybridized carbons (Fsp3) is 0.231. The second kappa shape index (κ2) is 6.63. The van der Waals surface area contributed by atoms with Crippen LogP contribution in [0.15, 0.2) is 29.8 Å². The lowest BCUT2D eigenvalue weighted by molar-refractivity contribution is -0.137. The number of alkyl halides is 2. The Balaban J connectivity index is 3.07. The highest BCUT2D eigenvalue weighted by Gasteiger charge is 2.14. The topological polar surface area (TPSA) is 52.6 Å². The SMILES string of the molecule is COC(=O)/C(=C\c1cccc(OC(F)F)c1)C(C)=O. The zero-order chi connectivity index (χ0) is 14.4. The molecule has 0 N–H and O–H groups in total. The maximum Gasteiger partial charge on any atom is 0.387 e. The van der Waals surface area contributed by atoms with Crippen LogP contribution in [0, 0.1) is 0 Å². The fourth-order valence-electron chi connectivity index (χ4n) is 1.36. The summed E-state index contributed by atoms with van der Waals surface area (Å²) < 4.78 is 32.8. The number of esters is 1. The van der Waals surface area contributed by atoms with Gasteiger partial charge < -0.3 is 9.47 Å². The molecule has 0 spiro atoms. The molecular formula is C13H12F2O4. The fourth-order valence-corrected chi connectivity index (χ4v) is 1.36. The molecule has 1 aromatic rings. The van der Waals surface area contributed by atoms with Gasteiger partial charge in [0.15, 0.2) is 5.78 Å². The third-order valence-corrected chi connectivity index (χ3v) is 2.18. The van der Waals surface area contributed by atoms with E-state index in [0.717, 1.165) is 7.11 Å². The number of hydrogen-bond acceptors (Lipinski definition) is 4. The number of halogens is 2. The van der Waals surface area contributed by atoms with E-state index < -0.39 is 18.4 Å². The number of carbonyl (C=O) groups is 2. The zero-order valence-electron chi connectivity index (χ0n) is 10.4. The van der Waals surface area contributed by atoms with E-state index in [0.29, 0.717) is 5.56 Å². The number of hydrogen-bond donors (Lipinski definition) is 0. The van der Waals surface area contributed by atoms with Crippen molar-refractivity contribution in [1.82, 2.24) is 0 Å². The van der Waals surface area contributed by atoms with Gasteiger partial charge in [-0.25, -0.2) is 4.79 Å². The molecule has 0 fully saturated rings. The summed E-state index contributed by atoms with van der Waals surface area (Å²) in [4.78, 5) is 22.6. The van der Waals surface area contributed by atoms with E-state index in [-0.39, 0.29) is 11.3 Å². The highest BCUT2D eigenvalue weighted by atomic mass is 19.3. The monoisotopic (exact) mass is 270 g/mol. The highest BCUT2D eigenvalue weighted by molar-refractivity contribution is 6.19. The Morgan fingerprint density at radius 2 is 2.00 bits per heavy atom. The van der Waals surface area contributed by atoms with Crippen LogP contribution in [0.3, 0.4) is 0 Å². The molecule has 0 unspecified atom stereocenters. The Bertz CT molecular complexity index is 509. The molecule has 0 heterocycles. The highest BCUT2D eigenvalue weighted by Crippen LogP contribution is 2.18. The van der Waals surface area contributed by atoms with Crippen molar-refractivity contribution in [2.45, 2.75) is 13.5 Å². The van der Waals surface area contributed by atoms with Gasteiger partial charge in [-0.1, -0.05) is 12.1 Å². The Labute approximate surface area is 108 Å². The standard InChI is InChI=1S/C13H12F2O4/c1-8(16)11(12(17)18-2)7-9-4-3-5-10(6-9)19-13(14)15/h3-7,13H,1-2H3/b11-7-. The lowest BCUT2D eigenvalue weighted by Gasteiger charge is -2.05. The van der Waals surface area contributed by atoms with Crippen molar-refractivity contribution in [2.24, 2.45) is 0 Å². The van der Waals surface area contributed by atoms with E-state index in [2.05, 4.69) is 9.47 Å². The van der Waals surface area contributed by atoms with E-state index in [1.54, 1.807) is 6.07 Å². The summed E-state index contributed by atoms with van der Waals surface area (Å²) in [5.41, 5.74) is 0.213. The molecule has 0 saturated heterocycles. The molecule has 0 atom stereocenters. The Hall–Kier alpha value is -2.24. The van der Waals surface area contributed by atoms with E-state index >= 15 is 0 Å². The molecule has 0 bridgehead atoms. The molecule has 102 valence electrons. The van der Waals surface area contributed by atoms with Gasteiger partial charge in [-0.15, -0.1) is 0 Å². The average molecular weight is 270 g/mol. The normalized spacial score (nSPS) is 11.3. The number of benzene rings is 1. The number of Topliss-reactive ketones (excluding diaryl/α,β-unsaturated/α-hetero) is 1. The van der Waals surface area contributed by atoms with Crippen LogP contribution in [0.25, 0.3) is 6.08 Å². The molecule has 19 heavy (non-hydrogen) atoms. The van der Waals surface area contributed by atoms with Gasteiger partial charge in [-0.05, 0) is 30.7 Å². The van der Waals surface area contributed by atoms with Gasteiger partial charge in [0.2, 0.25) is 0 Å². The van der Waals surface area contributed by atoms with Gasteiger partial charge >= 0.3 is 12.6 Å². The average Bonchev–Trinajstić information content (AvgIpc) is 2.34. The van der Waals surface area contributed by atoms with Crippen molar-refractivity contribution in [3.05, 3.63) is 35.4 Å². The minimum absolute atomic E-state index is 0.0588. The minimum atomic E-state index is -2.94. The molecule has 6 heteroatoms. The first-order valence-corrected chi connectivity index (χ1v) is 5.30. The van der Waals surface area contributed by atoms with Crippen LogP contribution >= 0.6 is 0 Å². The van der Waals surface area contributed by atoms with Crippen LogP contribution in [0.4, 0.5) is 8.78 Å². The lowest BCUT2D eigenvalue weighted by atomic mass is 10.1. The summed E-state index contributed by atoms with van der Waals surface area (Å²) in [6.45, 7) is -1.73. The summed E-state index contributed by atoms with van der Waals surface area (Å²) in [6, 6.07) is 5.65. The first kappa shape index (κ1) is 14.8. The van der Waals surface area contributed by atoms with Gasteiger partial charge in [0.1, 0.15) is 11.3 Å². The largest absolute Gasteiger partial charge is 0.465 e. The molecule has 0 aliphatic carbocycles. The van der Waals surface area contributed by atoms with Crippen LogP contribution in [0.5, 0.6) is 5.75 Å². The van der Waals surface area contributed by atoms with Crippen molar-refractivity contribution in [1.29, 1.82) is 0 Å². The number of ether oxygens (including phenoxy) is 2. The van der Waals surface area contributed by atoms with Gasteiger partial charge in [0.05, 0.1) is 7.11 Å². The lowest BCUT2D eigenvalue weighted by Crippen LogP contribution is -2.11. The summed E-state index contributed by atoms with van der Waals surface area (Å²) >= 11 is 0. The van der Waals surface area contributed by atoms with Gasteiger partial charge in [-0.2, -0.15) is 8.78 Å². The second-order valence-corrected chi connectivity index (χ2v) is 3.56. The maximum atomic E-state index is 12.1. The van der Waals surface area contributed by atoms with Crippen molar-refractivity contribution in [3.8, 4) is 5.75 Å². The molecule has 4 nitrogen and oxygen atoms in total. The summed E-state index contributed by atoms with van der Waals surface area (Å²) in [7, 11) is 1.15. The second-order valence-electron chi connectivity index (χ2n) is 3.56. The van der Waals surface area contributed by atoms with Gasteiger partial charge in [0.25, 0.3) is 0 Å². The van der Waals surface area contributed by atoms with Gasteiger partial charge in [0, 0.05) is 0 Å². The van der Waals surface area contributed by atoms with E-state index in [4.69, 9.17) is 0 Å². The Morgan fingerprint density at radius 3 is 2.53 bits per heavy atom. The predicted octanol–water partition coefficient (Wildman–Crippen LogP) is 2.43. The third kappa shape index (κ3) is 4.50. The first-order chi connectivity index (χ1) is 8.93. The smallest absolute Gasteiger partial charge is 0.387 e. The maximum absolute atomic E-state index is 12.1. The molecule has 1 rings (SSSR count). The van der Waals surface area contributed by atoms with Crippen LogP contribution in [-0.2, 0) is 14.3 Å². The summed E-state index contributed by atoms with van der Waals surface area (Å²) in [6.07, 6.45) is 1.26. The molecule has 0 aromatic heterocycles. The van der Waals surface area contributed by atoms with Crippen LogP contribution < -0.4 is 4.74 Å². The quantitative estimate of drug-likeness (QED) is 0.357. The predicted molar refractivity (Wildman–Crippen MR) is 63.7 cm³/mol. The van der Waals surface area contributed by atoms with E-state index in [9.17, 15) is 18.4 Å². The summed E-state index contributed by atoms with van der Waals surface area (Å²) in [5.74, 6) is -1.32. The van der Waals surface area contributed by atoms with Crippen molar-refractivity contribution in [2.75, 3.05) is 7.11 Å². The van der Waals surface area contributed by atoms with Crippen LogP contribution in [0.1, 0.15) is 12.5 Å². The number of methoxy groups -OCH3 is 1. The summed E-state index contributed by atoms with van der Waals surface area (Å²) in [5, 5.41) is 0. The van der Waals surface area contributed by atoms with Gasteiger partial charge in [-0.3, -0.25) is 4.79 Å². The molecule has 0 saturated carbocycles. The number of rotatable bonds is 5. The van der Waals surface area contributed by atoms with Crippen LogP contribution in [-0.4, -0.2) is 25.5 Å². The van der Waals surface area contributed by atoms with E-state index in [1.807, 2.05) is 0 Å². The molecule has 1 aromatic carbocycles. The molecule has 0 radical (unpaired) electrons. The minimum Gasteiger partial charge on any atom is -0.465 e. The Morgan fingerprint density at radius 1 is 1.32 bits per heavy atom. The zero-order valence-corrected chi connectivity index (χ0v) is 10.4. The molecule has 0 aliphatic rings. The van der Waals surface area contributed by atoms with Crippen molar-refractivity contribution >= 4 is 17.8 Å². The molecule has 0 amide bonds. The van der Waals surface area contributed by atoms with Crippen molar-refractivity contribution in [3.63, 3.8) is 0 Å². The number of carbonyl (C=O) groups excluding carboxylic acids is 2. The Kier molecular flexibility index (Phi) is 5.17. The van der Waals surface area contributed by atoms with Crippen LogP contribution in [0.2, 0.25) is 0 Å².